The van der Waals surface area contributed by atoms with Crippen LogP contribution in [0.1, 0.15) is 46.6 Å². The van der Waals surface area contributed by atoms with E-state index < -0.39 is 24.0 Å². The Morgan fingerprint density at radius 3 is 2.68 bits per heavy atom. The fourth-order valence-electron chi connectivity index (χ4n) is 4.11. The summed E-state index contributed by atoms with van der Waals surface area (Å²) in [6.07, 6.45) is -3.05. The predicted octanol–water partition coefficient (Wildman–Crippen LogP) is 4.55. The zero-order valence-electron chi connectivity index (χ0n) is 21.3. The molecule has 0 saturated carbocycles. The molecule has 1 saturated heterocycles. The summed E-state index contributed by atoms with van der Waals surface area (Å²) in [4.78, 5) is 27.0. The highest BCUT2D eigenvalue weighted by Crippen LogP contribution is 2.42. The van der Waals surface area contributed by atoms with Crippen LogP contribution in [0, 0.1) is 0 Å². The van der Waals surface area contributed by atoms with Gasteiger partial charge in [-0.25, -0.2) is 9.78 Å². The predicted molar refractivity (Wildman–Crippen MR) is 128 cm³/mol. The molecule has 4 heterocycles. The summed E-state index contributed by atoms with van der Waals surface area (Å²) in [5, 5.41) is 6.99. The van der Waals surface area contributed by atoms with Crippen molar-refractivity contribution in [2.45, 2.75) is 64.7 Å². The molecule has 14 heteroatoms. The van der Waals surface area contributed by atoms with Crippen LogP contribution in [0.4, 0.5) is 25.3 Å². The molecule has 1 aromatic carbocycles. The van der Waals surface area contributed by atoms with E-state index in [-0.39, 0.29) is 47.9 Å². The lowest BCUT2D eigenvalue weighted by Crippen LogP contribution is -2.45. The van der Waals surface area contributed by atoms with Crippen LogP contribution in [0.3, 0.4) is 0 Å². The maximum atomic E-state index is 13.3. The average molecular weight is 533 g/mol. The van der Waals surface area contributed by atoms with E-state index in [1.807, 2.05) is 27.7 Å². The Balaban J connectivity index is 1.30. The van der Waals surface area contributed by atoms with Crippen LogP contribution in [0.25, 0.3) is 11.4 Å². The van der Waals surface area contributed by atoms with Crippen LogP contribution < -0.4 is 19.7 Å². The van der Waals surface area contributed by atoms with Gasteiger partial charge in [-0.1, -0.05) is 5.16 Å². The first kappa shape index (κ1) is 25.6. The molecule has 38 heavy (non-hydrogen) atoms. The Labute approximate surface area is 216 Å². The van der Waals surface area contributed by atoms with Crippen molar-refractivity contribution in [2.75, 3.05) is 16.8 Å². The number of hydrogen-bond acceptors (Lipinski definition) is 11. The molecule has 2 aliphatic rings. The van der Waals surface area contributed by atoms with Crippen molar-refractivity contribution in [1.82, 2.24) is 20.1 Å². The highest BCUT2D eigenvalue weighted by molar-refractivity contribution is 5.89. The van der Waals surface area contributed by atoms with Crippen LogP contribution >= 0.6 is 0 Å². The van der Waals surface area contributed by atoms with E-state index in [1.165, 1.54) is 29.3 Å². The second-order valence-corrected chi connectivity index (χ2v) is 9.84. The maximum absolute atomic E-state index is 13.3. The second-order valence-electron chi connectivity index (χ2n) is 9.84. The Kier molecular flexibility index (Phi) is 6.29. The molecule has 3 atom stereocenters. The van der Waals surface area contributed by atoms with E-state index in [2.05, 4.69) is 34.9 Å². The quantitative estimate of drug-likeness (QED) is 0.459. The van der Waals surface area contributed by atoms with Gasteiger partial charge in [-0.05, 0) is 58.9 Å². The maximum Gasteiger partial charge on any atom is 0.586 e. The van der Waals surface area contributed by atoms with Crippen molar-refractivity contribution in [3.05, 3.63) is 36.4 Å². The monoisotopic (exact) mass is 532 g/mol. The molecule has 5 rings (SSSR count). The van der Waals surface area contributed by atoms with Gasteiger partial charge >= 0.3 is 12.4 Å². The lowest BCUT2D eigenvalue weighted by Gasteiger charge is -2.31. The minimum Gasteiger partial charge on any atom is -0.447 e. The number of benzene rings is 1. The first-order valence-electron chi connectivity index (χ1n) is 11.9. The fraction of sp³-hybridized carbons (Fsp3) is 0.458. The smallest absolute Gasteiger partial charge is 0.447 e. The lowest BCUT2D eigenvalue weighted by molar-refractivity contribution is -0.286. The molecule has 1 amide bonds. The van der Waals surface area contributed by atoms with E-state index in [0.29, 0.717) is 11.4 Å². The molecule has 1 unspecified atom stereocenters. The van der Waals surface area contributed by atoms with Gasteiger partial charge in [-0.3, -0.25) is 4.90 Å². The van der Waals surface area contributed by atoms with Crippen molar-refractivity contribution in [3.8, 4) is 22.9 Å². The van der Waals surface area contributed by atoms with Crippen LogP contribution in [0.15, 0.2) is 35.0 Å². The number of rotatable bonds is 7. The van der Waals surface area contributed by atoms with Crippen molar-refractivity contribution < 1.29 is 37.0 Å². The van der Waals surface area contributed by atoms with Gasteiger partial charge in [0.1, 0.15) is 24.5 Å². The summed E-state index contributed by atoms with van der Waals surface area (Å²) in [5.74, 6) is 0.704. The first-order valence-corrected chi connectivity index (χ1v) is 11.9. The van der Waals surface area contributed by atoms with Gasteiger partial charge < -0.3 is 28.8 Å². The number of cyclic esters (lactones) is 1. The van der Waals surface area contributed by atoms with E-state index >= 15 is 0 Å². The van der Waals surface area contributed by atoms with Crippen molar-refractivity contribution >= 4 is 17.9 Å². The average Bonchev–Trinajstić information content (AvgIpc) is 3.53. The number of hydrogen-bond donors (Lipinski definition) is 1. The highest BCUT2D eigenvalue weighted by atomic mass is 19.3. The summed E-state index contributed by atoms with van der Waals surface area (Å²) >= 11 is 0. The standard InChI is InChI=1S/C24H26F2N6O6/c1-12(20-30-19(31-38-20)14-6-7-16-17(10-14)37-24(25,26)36-16)28-21-27-9-8-18(29-21)32-15(11-34-22(32)33)13(2)35-23(3,4)5/h6-10,12-13,15H,11H2,1-5H3,(H,27,28,29)/t12-,13+,15?/m0/s1. The van der Waals surface area contributed by atoms with Crippen LogP contribution in [0.2, 0.25) is 0 Å². The fourth-order valence-corrected chi connectivity index (χ4v) is 4.11. The molecule has 0 spiro atoms. The van der Waals surface area contributed by atoms with E-state index in [1.54, 1.807) is 13.0 Å². The zero-order chi connectivity index (χ0) is 27.2. The van der Waals surface area contributed by atoms with E-state index in [0.717, 1.165) is 0 Å². The summed E-state index contributed by atoms with van der Waals surface area (Å²) < 4.78 is 52.2. The molecular formula is C24H26F2N6O6. The van der Waals surface area contributed by atoms with Crippen molar-refractivity contribution in [1.29, 1.82) is 0 Å². The summed E-state index contributed by atoms with van der Waals surface area (Å²) in [7, 11) is 0. The minimum absolute atomic E-state index is 0.0852. The molecule has 1 N–H and O–H groups in total. The number of ether oxygens (including phenoxy) is 4. The Bertz CT molecular complexity index is 1350. The van der Waals surface area contributed by atoms with Crippen LogP contribution in [0.5, 0.6) is 11.5 Å². The third-order valence-corrected chi connectivity index (χ3v) is 5.69. The number of anilines is 2. The van der Waals surface area contributed by atoms with Gasteiger partial charge in [0.2, 0.25) is 17.7 Å². The van der Waals surface area contributed by atoms with Crippen molar-refractivity contribution in [3.63, 3.8) is 0 Å². The summed E-state index contributed by atoms with van der Waals surface area (Å²) in [6.45, 7) is 9.61. The number of nitrogens with zero attached hydrogens (tertiary/aromatic N) is 5. The minimum atomic E-state index is -3.72. The van der Waals surface area contributed by atoms with Crippen LogP contribution in [-0.4, -0.2) is 56.9 Å². The third kappa shape index (κ3) is 5.30. The number of fused-ring (bicyclic) bond motifs is 1. The first-order chi connectivity index (χ1) is 17.9. The van der Waals surface area contributed by atoms with Gasteiger partial charge in [0.25, 0.3) is 0 Å². The molecule has 12 nitrogen and oxygen atoms in total. The van der Waals surface area contributed by atoms with E-state index in [9.17, 15) is 13.6 Å². The molecule has 0 bridgehead atoms. The number of halogens is 2. The number of aromatic nitrogens is 4. The summed E-state index contributed by atoms with van der Waals surface area (Å²) in [6, 6.07) is 4.89. The topological polar surface area (TPSA) is 134 Å². The van der Waals surface area contributed by atoms with Gasteiger partial charge in [-0.15, -0.1) is 8.78 Å². The largest absolute Gasteiger partial charge is 0.586 e. The zero-order valence-corrected chi connectivity index (χ0v) is 21.3. The Morgan fingerprint density at radius 2 is 1.92 bits per heavy atom. The molecule has 0 aliphatic carbocycles. The number of carbonyl (C=O) groups excluding carboxylic acids is 1. The third-order valence-electron chi connectivity index (χ3n) is 5.69. The lowest BCUT2D eigenvalue weighted by atomic mass is 10.1. The Morgan fingerprint density at radius 1 is 1.16 bits per heavy atom. The second kappa shape index (κ2) is 9.35. The van der Waals surface area contributed by atoms with Crippen LogP contribution in [-0.2, 0) is 9.47 Å². The molecule has 0 radical (unpaired) electrons. The molecular weight excluding hydrogens is 506 g/mol. The number of nitrogens with one attached hydrogen (secondary N) is 1. The Hall–Kier alpha value is -4.07. The van der Waals surface area contributed by atoms with Gasteiger partial charge in [0, 0.05) is 11.8 Å². The van der Waals surface area contributed by atoms with Gasteiger partial charge in [0.05, 0.1) is 11.7 Å². The molecule has 3 aromatic rings. The number of carbonyl (C=O) groups is 1. The molecule has 1 fully saturated rings. The van der Waals surface area contributed by atoms with Gasteiger partial charge in [0.15, 0.2) is 11.5 Å². The van der Waals surface area contributed by atoms with Gasteiger partial charge in [-0.2, -0.15) is 9.97 Å². The molecule has 2 aliphatic heterocycles. The normalized spacial score (nSPS) is 19.8. The number of amides is 1. The highest BCUT2D eigenvalue weighted by Gasteiger charge is 2.43. The molecule has 2 aromatic heterocycles. The SMILES string of the molecule is C[C@H](Nc1nccc(N2C(=O)OCC2[C@@H](C)OC(C)(C)C)n1)c1nc(-c2ccc3c(c2)OC(F)(F)O3)no1. The number of alkyl halides is 2. The van der Waals surface area contributed by atoms with Crippen molar-refractivity contribution in [2.24, 2.45) is 0 Å². The molecule has 202 valence electrons. The summed E-state index contributed by atoms with van der Waals surface area (Å²) in [5.41, 5.74) is -0.00484. The van der Waals surface area contributed by atoms with E-state index in [4.69, 9.17) is 14.0 Å².